The van der Waals surface area contributed by atoms with E-state index in [1.165, 1.54) is 32.1 Å². The second-order valence-electron chi connectivity index (χ2n) is 17.7. The molecule has 0 saturated carbocycles. The molecule has 0 N–H and O–H groups in total. The van der Waals surface area contributed by atoms with Gasteiger partial charge >= 0.3 is 17.9 Å². The molecular weight excluding hydrogens is 853 g/mol. The zero-order valence-electron chi connectivity index (χ0n) is 44.3. The summed E-state index contributed by atoms with van der Waals surface area (Å²) in [6.07, 6.45) is 78.7. The zero-order valence-corrected chi connectivity index (χ0v) is 44.3. The Labute approximate surface area is 424 Å². The van der Waals surface area contributed by atoms with E-state index in [-0.39, 0.29) is 37.5 Å². The minimum absolute atomic E-state index is 0.110. The Balaban J connectivity index is 4.45. The normalized spacial score (nSPS) is 13.1. The minimum atomic E-state index is -0.815. The Morgan fingerprint density at radius 2 is 0.565 bits per heavy atom. The quantitative estimate of drug-likeness (QED) is 0.0262. The molecule has 0 bridgehead atoms. The molecule has 0 fully saturated rings. The Hall–Kier alpha value is -4.45. The average molecular weight is 953 g/mol. The molecule has 0 aliphatic heterocycles. The lowest BCUT2D eigenvalue weighted by atomic mass is 10.1. The summed E-state index contributed by atoms with van der Waals surface area (Å²) < 4.78 is 16.8. The lowest BCUT2D eigenvalue weighted by molar-refractivity contribution is -0.167. The molecule has 0 radical (unpaired) electrons. The second-order valence-corrected chi connectivity index (χ2v) is 17.7. The van der Waals surface area contributed by atoms with Gasteiger partial charge in [0.1, 0.15) is 13.2 Å². The van der Waals surface area contributed by atoms with Gasteiger partial charge in [0, 0.05) is 19.3 Å². The van der Waals surface area contributed by atoms with Crippen molar-refractivity contribution in [2.45, 2.75) is 232 Å². The van der Waals surface area contributed by atoms with Crippen LogP contribution in [0, 0.1) is 0 Å². The first kappa shape index (κ1) is 64.5. The van der Waals surface area contributed by atoms with Crippen molar-refractivity contribution in [2.24, 2.45) is 0 Å². The van der Waals surface area contributed by atoms with Gasteiger partial charge in [0.15, 0.2) is 6.10 Å². The van der Waals surface area contributed by atoms with Crippen LogP contribution >= 0.6 is 0 Å². The Morgan fingerprint density at radius 3 is 0.913 bits per heavy atom. The Kier molecular flexibility index (Phi) is 52.5. The fourth-order valence-electron chi connectivity index (χ4n) is 7.03. The standard InChI is InChI=1S/C63H100O6/c1-4-7-10-13-16-19-22-25-27-28-29-30-31-32-33-34-36-38-41-44-47-50-53-56-62(65)68-59-60(58-67-61(64)55-52-49-46-43-40-37-24-21-18-15-12-9-6-3)69-63(66)57-54-51-48-45-42-39-35-26-23-20-17-14-11-8-5-2/h7-8,10-12,15-17,19-21,24-27,29-30,32-33,35,42,45,60H,4-6,9,13-14,18,22-23,28,31,34,36-41,43-44,46-59H2,1-3H3/b10-7-,11-8-,15-12-,19-16-,20-17-,24-21-,27-25-,30-29-,33-32-,35-26-,45-42-. The third-order valence-corrected chi connectivity index (χ3v) is 11.1. The van der Waals surface area contributed by atoms with Crippen LogP contribution in [-0.2, 0) is 28.6 Å². The fraction of sp³-hybridized carbons (Fsp3) is 0.603. The van der Waals surface area contributed by atoms with Crippen LogP contribution in [0.2, 0.25) is 0 Å². The lowest BCUT2D eigenvalue weighted by Crippen LogP contribution is -2.30. The highest BCUT2D eigenvalue weighted by Crippen LogP contribution is 2.13. The van der Waals surface area contributed by atoms with Gasteiger partial charge in [0.05, 0.1) is 0 Å². The van der Waals surface area contributed by atoms with E-state index in [1.807, 2.05) is 0 Å². The number of hydrogen-bond donors (Lipinski definition) is 0. The van der Waals surface area contributed by atoms with Crippen LogP contribution in [0.15, 0.2) is 134 Å². The SMILES string of the molecule is CC/C=C\C/C=C\C/C=C\C/C=C\C/C=C\CCCCCCCCCC(=O)OCC(COC(=O)CCCCCCC/C=C\C/C=C\CCC)OC(=O)CCCC/C=C\C/C=C\C/C=C\C/C=C\CC. The molecule has 0 rings (SSSR count). The monoisotopic (exact) mass is 953 g/mol. The van der Waals surface area contributed by atoms with Crippen LogP contribution in [-0.4, -0.2) is 37.2 Å². The summed E-state index contributed by atoms with van der Waals surface area (Å²) in [5.41, 5.74) is 0. The van der Waals surface area contributed by atoms with Gasteiger partial charge in [-0.1, -0.05) is 212 Å². The number of carbonyl (C=O) groups is 3. The number of unbranched alkanes of at least 4 members (excludes halogenated alkanes) is 15. The van der Waals surface area contributed by atoms with Crippen molar-refractivity contribution >= 4 is 17.9 Å². The maximum Gasteiger partial charge on any atom is 0.306 e. The van der Waals surface area contributed by atoms with Crippen molar-refractivity contribution in [3.63, 3.8) is 0 Å². The van der Waals surface area contributed by atoms with Crippen molar-refractivity contribution in [1.29, 1.82) is 0 Å². The van der Waals surface area contributed by atoms with Crippen LogP contribution in [0.1, 0.15) is 226 Å². The summed E-state index contributed by atoms with van der Waals surface area (Å²) >= 11 is 0. The van der Waals surface area contributed by atoms with Gasteiger partial charge in [-0.2, -0.15) is 0 Å². The number of esters is 3. The first-order chi connectivity index (χ1) is 34.0. The van der Waals surface area contributed by atoms with Crippen molar-refractivity contribution in [2.75, 3.05) is 13.2 Å². The van der Waals surface area contributed by atoms with E-state index in [2.05, 4.69) is 154 Å². The predicted molar refractivity (Wildman–Crippen MR) is 297 cm³/mol. The molecule has 0 spiro atoms. The molecule has 1 atom stereocenters. The molecule has 0 heterocycles. The number of allylic oxidation sites excluding steroid dienone is 22. The van der Waals surface area contributed by atoms with Gasteiger partial charge in [-0.05, 0) is 128 Å². The van der Waals surface area contributed by atoms with Crippen LogP contribution in [0.5, 0.6) is 0 Å². The minimum Gasteiger partial charge on any atom is -0.462 e. The molecule has 0 aliphatic rings. The molecule has 69 heavy (non-hydrogen) atoms. The van der Waals surface area contributed by atoms with E-state index in [0.29, 0.717) is 19.3 Å². The first-order valence-corrected chi connectivity index (χ1v) is 27.7. The lowest BCUT2D eigenvalue weighted by Gasteiger charge is -2.18. The summed E-state index contributed by atoms with van der Waals surface area (Å²) in [7, 11) is 0. The van der Waals surface area contributed by atoms with E-state index >= 15 is 0 Å². The largest absolute Gasteiger partial charge is 0.462 e. The summed E-state index contributed by atoms with van der Waals surface area (Å²) in [5, 5.41) is 0. The summed E-state index contributed by atoms with van der Waals surface area (Å²) in [6, 6.07) is 0. The third-order valence-electron chi connectivity index (χ3n) is 11.1. The highest BCUT2D eigenvalue weighted by atomic mass is 16.6. The number of hydrogen-bond acceptors (Lipinski definition) is 6. The van der Waals surface area contributed by atoms with E-state index in [9.17, 15) is 14.4 Å². The average Bonchev–Trinajstić information content (AvgIpc) is 3.35. The van der Waals surface area contributed by atoms with E-state index in [4.69, 9.17) is 14.2 Å². The van der Waals surface area contributed by atoms with Crippen molar-refractivity contribution in [3.05, 3.63) is 134 Å². The fourth-order valence-corrected chi connectivity index (χ4v) is 7.03. The molecule has 0 aromatic carbocycles. The van der Waals surface area contributed by atoms with Gasteiger partial charge in [-0.25, -0.2) is 0 Å². The molecule has 0 aliphatic carbocycles. The first-order valence-electron chi connectivity index (χ1n) is 27.7. The van der Waals surface area contributed by atoms with Crippen molar-refractivity contribution in [3.8, 4) is 0 Å². The maximum absolute atomic E-state index is 12.8. The number of carbonyl (C=O) groups excluding carboxylic acids is 3. The maximum atomic E-state index is 12.8. The van der Waals surface area contributed by atoms with Gasteiger partial charge < -0.3 is 14.2 Å². The number of ether oxygens (including phenoxy) is 3. The molecule has 1 unspecified atom stereocenters. The summed E-state index contributed by atoms with van der Waals surface area (Å²) in [6.45, 7) is 6.27. The highest BCUT2D eigenvalue weighted by Gasteiger charge is 2.19. The molecule has 388 valence electrons. The van der Waals surface area contributed by atoms with E-state index < -0.39 is 6.10 Å². The van der Waals surface area contributed by atoms with Crippen LogP contribution < -0.4 is 0 Å². The molecule has 0 aromatic rings. The predicted octanol–water partition coefficient (Wildman–Crippen LogP) is 18.6. The third kappa shape index (κ3) is 54.4. The summed E-state index contributed by atoms with van der Waals surface area (Å²) in [4.78, 5) is 38.1. The summed E-state index contributed by atoms with van der Waals surface area (Å²) in [5.74, 6) is -0.983. The molecule has 6 heteroatoms. The Morgan fingerprint density at radius 1 is 0.304 bits per heavy atom. The number of rotatable bonds is 48. The van der Waals surface area contributed by atoms with Crippen molar-refractivity contribution < 1.29 is 28.6 Å². The smallest absolute Gasteiger partial charge is 0.306 e. The Bertz CT molecular complexity index is 1510. The molecular formula is C63H100O6. The van der Waals surface area contributed by atoms with E-state index in [0.717, 1.165) is 148 Å². The molecule has 0 aromatic heterocycles. The van der Waals surface area contributed by atoms with Crippen LogP contribution in [0.4, 0.5) is 0 Å². The zero-order chi connectivity index (χ0) is 50.0. The van der Waals surface area contributed by atoms with Crippen LogP contribution in [0.25, 0.3) is 0 Å². The molecule has 0 amide bonds. The second kappa shape index (κ2) is 56.1. The topological polar surface area (TPSA) is 78.9 Å². The van der Waals surface area contributed by atoms with Gasteiger partial charge in [0.2, 0.25) is 0 Å². The molecule has 0 saturated heterocycles. The highest BCUT2D eigenvalue weighted by molar-refractivity contribution is 5.71. The van der Waals surface area contributed by atoms with Crippen LogP contribution in [0.3, 0.4) is 0 Å². The van der Waals surface area contributed by atoms with Gasteiger partial charge in [-0.3, -0.25) is 14.4 Å². The van der Waals surface area contributed by atoms with Crippen molar-refractivity contribution in [1.82, 2.24) is 0 Å². The molecule has 6 nitrogen and oxygen atoms in total. The van der Waals surface area contributed by atoms with Gasteiger partial charge in [0.25, 0.3) is 0 Å². The van der Waals surface area contributed by atoms with Gasteiger partial charge in [-0.15, -0.1) is 0 Å². The van der Waals surface area contributed by atoms with E-state index in [1.54, 1.807) is 0 Å².